The van der Waals surface area contributed by atoms with E-state index in [1.54, 1.807) is 6.07 Å². The van der Waals surface area contributed by atoms with Gasteiger partial charge in [-0.3, -0.25) is 4.79 Å². The van der Waals surface area contributed by atoms with Crippen molar-refractivity contribution in [3.63, 3.8) is 0 Å². The summed E-state index contributed by atoms with van der Waals surface area (Å²) in [6, 6.07) is 18.8. The number of hydrogen-bond donors (Lipinski definition) is 2. The smallest absolute Gasteiger partial charge is 0.270 e. The molecule has 6 heteroatoms. The first-order valence-corrected chi connectivity index (χ1v) is 8.25. The lowest BCUT2D eigenvalue weighted by atomic mass is 10.1. The summed E-state index contributed by atoms with van der Waals surface area (Å²) in [5.41, 5.74) is 2.29. The van der Waals surface area contributed by atoms with Gasteiger partial charge in [-0.25, -0.2) is 9.97 Å². The number of rotatable bonds is 6. The van der Waals surface area contributed by atoms with Crippen molar-refractivity contribution in [2.24, 2.45) is 0 Å². The maximum atomic E-state index is 12.3. The van der Waals surface area contributed by atoms with Crippen molar-refractivity contribution in [2.75, 3.05) is 11.9 Å². The normalized spacial score (nSPS) is 10.3. The molecule has 25 heavy (non-hydrogen) atoms. The monoisotopic (exact) mass is 352 g/mol. The average molecular weight is 353 g/mol. The molecule has 0 aliphatic carbocycles. The van der Waals surface area contributed by atoms with E-state index in [0.29, 0.717) is 29.5 Å². The first kappa shape index (κ1) is 16.9. The number of halogens is 1. The molecule has 0 aliphatic heterocycles. The molecule has 0 saturated heterocycles. The number of amides is 1. The van der Waals surface area contributed by atoms with Gasteiger partial charge in [0.15, 0.2) is 0 Å². The zero-order valence-electron chi connectivity index (χ0n) is 13.4. The van der Waals surface area contributed by atoms with Gasteiger partial charge in [0.2, 0.25) is 0 Å². The zero-order chi connectivity index (χ0) is 17.5. The van der Waals surface area contributed by atoms with Gasteiger partial charge in [0, 0.05) is 23.3 Å². The highest BCUT2D eigenvalue weighted by molar-refractivity contribution is 6.30. The van der Waals surface area contributed by atoms with E-state index in [2.05, 4.69) is 20.6 Å². The summed E-state index contributed by atoms with van der Waals surface area (Å²) in [4.78, 5) is 20.4. The molecule has 0 bridgehead atoms. The summed E-state index contributed by atoms with van der Waals surface area (Å²) in [6.45, 7) is 0.505. The molecule has 1 amide bonds. The van der Waals surface area contributed by atoms with Crippen LogP contribution < -0.4 is 10.6 Å². The van der Waals surface area contributed by atoms with E-state index < -0.39 is 0 Å². The van der Waals surface area contributed by atoms with Crippen molar-refractivity contribution in [3.8, 4) is 0 Å². The molecule has 0 saturated carbocycles. The molecule has 2 N–H and O–H groups in total. The third-order valence-corrected chi connectivity index (χ3v) is 3.77. The summed E-state index contributed by atoms with van der Waals surface area (Å²) in [5.74, 6) is 0.335. The van der Waals surface area contributed by atoms with Crippen LogP contribution in [0.2, 0.25) is 5.02 Å². The molecule has 0 spiro atoms. The molecule has 3 aromatic rings. The second kappa shape index (κ2) is 8.26. The van der Waals surface area contributed by atoms with Gasteiger partial charge in [0.25, 0.3) is 5.91 Å². The quantitative estimate of drug-likeness (QED) is 0.707. The molecule has 2 aromatic carbocycles. The van der Waals surface area contributed by atoms with E-state index in [1.165, 1.54) is 6.33 Å². The third-order valence-electron chi connectivity index (χ3n) is 3.53. The Morgan fingerprint density at radius 3 is 2.64 bits per heavy atom. The van der Waals surface area contributed by atoms with Crippen LogP contribution in [-0.2, 0) is 6.42 Å². The predicted octanol–water partition coefficient (Wildman–Crippen LogP) is 3.85. The van der Waals surface area contributed by atoms with Gasteiger partial charge in [-0.1, -0.05) is 41.9 Å². The highest BCUT2D eigenvalue weighted by atomic mass is 35.5. The van der Waals surface area contributed by atoms with Crippen LogP contribution in [0.25, 0.3) is 0 Å². The van der Waals surface area contributed by atoms with Gasteiger partial charge in [-0.05, 0) is 36.2 Å². The summed E-state index contributed by atoms with van der Waals surface area (Å²) in [7, 11) is 0. The maximum absolute atomic E-state index is 12.3. The maximum Gasteiger partial charge on any atom is 0.270 e. The fourth-order valence-electron chi connectivity index (χ4n) is 2.32. The van der Waals surface area contributed by atoms with Gasteiger partial charge >= 0.3 is 0 Å². The van der Waals surface area contributed by atoms with E-state index in [1.807, 2.05) is 54.6 Å². The molecule has 1 aromatic heterocycles. The van der Waals surface area contributed by atoms with Gasteiger partial charge in [-0.15, -0.1) is 0 Å². The highest BCUT2D eigenvalue weighted by Gasteiger charge is 2.08. The van der Waals surface area contributed by atoms with Crippen LogP contribution in [-0.4, -0.2) is 22.4 Å². The minimum atomic E-state index is -0.236. The van der Waals surface area contributed by atoms with Gasteiger partial charge < -0.3 is 10.6 Å². The topological polar surface area (TPSA) is 66.9 Å². The lowest BCUT2D eigenvalue weighted by molar-refractivity contribution is 0.0949. The number of carbonyl (C=O) groups is 1. The second-order valence-electron chi connectivity index (χ2n) is 5.42. The predicted molar refractivity (Wildman–Crippen MR) is 99.2 cm³/mol. The Morgan fingerprint density at radius 2 is 1.84 bits per heavy atom. The number of carbonyl (C=O) groups excluding carboxylic acids is 1. The molecule has 0 atom stereocenters. The van der Waals surface area contributed by atoms with E-state index in [0.717, 1.165) is 11.3 Å². The molecule has 0 fully saturated rings. The Morgan fingerprint density at radius 1 is 1.00 bits per heavy atom. The number of para-hydroxylation sites is 1. The van der Waals surface area contributed by atoms with Crippen molar-refractivity contribution < 1.29 is 4.79 Å². The van der Waals surface area contributed by atoms with Gasteiger partial charge in [0.05, 0.1) is 0 Å². The van der Waals surface area contributed by atoms with Crippen molar-refractivity contribution in [2.45, 2.75) is 6.42 Å². The van der Waals surface area contributed by atoms with E-state index >= 15 is 0 Å². The average Bonchev–Trinajstić information content (AvgIpc) is 2.63. The Bertz CT molecular complexity index is 855. The Balaban J connectivity index is 1.57. The lowest BCUT2D eigenvalue weighted by Gasteiger charge is -2.08. The minimum absolute atomic E-state index is 0.236. The third kappa shape index (κ3) is 5.02. The van der Waals surface area contributed by atoms with Crippen LogP contribution in [0.4, 0.5) is 11.5 Å². The molecule has 3 rings (SSSR count). The van der Waals surface area contributed by atoms with E-state index in [9.17, 15) is 4.79 Å². The SMILES string of the molecule is O=C(NCCc1cccc(Cl)c1)c1cc(Nc2ccccc2)ncn1. The Hall–Kier alpha value is -2.92. The number of anilines is 2. The second-order valence-corrected chi connectivity index (χ2v) is 5.85. The van der Waals surface area contributed by atoms with Crippen LogP contribution in [0.1, 0.15) is 16.1 Å². The molecule has 126 valence electrons. The number of aromatic nitrogens is 2. The van der Waals surface area contributed by atoms with Crippen molar-refractivity contribution in [1.82, 2.24) is 15.3 Å². The number of benzene rings is 2. The zero-order valence-corrected chi connectivity index (χ0v) is 14.2. The van der Waals surface area contributed by atoms with Crippen LogP contribution in [0.3, 0.4) is 0 Å². The summed E-state index contributed by atoms with van der Waals surface area (Å²) in [5, 5.41) is 6.69. The van der Waals surface area contributed by atoms with Crippen LogP contribution >= 0.6 is 11.6 Å². The lowest BCUT2D eigenvalue weighted by Crippen LogP contribution is -2.26. The van der Waals surface area contributed by atoms with Crippen LogP contribution in [0.15, 0.2) is 67.0 Å². The molecule has 0 unspecified atom stereocenters. The molecule has 0 radical (unpaired) electrons. The number of nitrogens with one attached hydrogen (secondary N) is 2. The van der Waals surface area contributed by atoms with E-state index in [4.69, 9.17) is 11.6 Å². The first-order chi connectivity index (χ1) is 12.2. The fourth-order valence-corrected chi connectivity index (χ4v) is 2.54. The standard InChI is InChI=1S/C19H17ClN4O/c20-15-6-4-5-14(11-15)9-10-21-19(25)17-12-18(23-13-22-17)24-16-7-2-1-3-8-16/h1-8,11-13H,9-10H2,(H,21,25)(H,22,23,24). The first-order valence-electron chi connectivity index (χ1n) is 7.87. The molecule has 5 nitrogen and oxygen atoms in total. The van der Waals surface area contributed by atoms with Gasteiger partial charge in [0.1, 0.15) is 17.8 Å². The summed E-state index contributed by atoms with van der Waals surface area (Å²) < 4.78 is 0. The van der Waals surface area contributed by atoms with Crippen molar-refractivity contribution in [3.05, 3.63) is 83.3 Å². The Labute approximate surface area is 151 Å². The molecule has 0 aliphatic rings. The summed E-state index contributed by atoms with van der Waals surface area (Å²) >= 11 is 5.95. The van der Waals surface area contributed by atoms with E-state index in [-0.39, 0.29) is 5.91 Å². The fraction of sp³-hybridized carbons (Fsp3) is 0.105. The number of hydrogen-bond acceptors (Lipinski definition) is 4. The van der Waals surface area contributed by atoms with Crippen molar-refractivity contribution in [1.29, 1.82) is 0 Å². The minimum Gasteiger partial charge on any atom is -0.350 e. The molecular formula is C19H17ClN4O. The molecular weight excluding hydrogens is 336 g/mol. The summed E-state index contributed by atoms with van der Waals surface area (Å²) in [6.07, 6.45) is 2.07. The molecule has 1 heterocycles. The van der Waals surface area contributed by atoms with Crippen LogP contribution in [0, 0.1) is 0 Å². The van der Waals surface area contributed by atoms with Crippen molar-refractivity contribution >= 4 is 29.0 Å². The number of nitrogens with zero attached hydrogens (tertiary/aromatic N) is 2. The van der Waals surface area contributed by atoms with Gasteiger partial charge in [-0.2, -0.15) is 0 Å². The van der Waals surface area contributed by atoms with Crippen LogP contribution in [0.5, 0.6) is 0 Å². The largest absolute Gasteiger partial charge is 0.350 e. The Kier molecular flexibility index (Phi) is 5.59. The highest BCUT2D eigenvalue weighted by Crippen LogP contribution is 2.14.